The number of rotatable bonds is 5. The number of nitrogens with zero attached hydrogens (tertiary/aromatic N) is 1. The number of carbonyl (C=O) groups excluding carboxylic acids is 2. The molecule has 3 aliphatic rings. The third kappa shape index (κ3) is 5.22. The molecule has 1 saturated heterocycles. The van der Waals surface area contributed by atoms with Crippen LogP contribution in [-0.4, -0.2) is 29.4 Å². The Balaban J connectivity index is 1.19. The number of amides is 3. The number of urea groups is 1. The van der Waals surface area contributed by atoms with Gasteiger partial charge in [0.25, 0.3) is 0 Å². The molecule has 0 unspecified atom stereocenters. The van der Waals surface area contributed by atoms with E-state index >= 15 is 0 Å². The van der Waals surface area contributed by atoms with Gasteiger partial charge in [-0.3, -0.25) is 4.79 Å². The number of nitrogens with one attached hydrogen (secondary N) is 3. The van der Waals surface area contributed by atoms with Gasteiger partial charge in [-0.1, -0.05) is 73.5 Å². The van der Waals surface area contributed by atoms with Crippen molar-refractivity contribution in [2.24, 2.45) is 11.8 Å². The van der Waals surface area contributed by atoms with Crippen LogP contribution in [-0.2, 0) is 11.3 Å². The van der Waals surface area contributed by atoms with Gasteiger partial charge in [0.15, 0.2) is 0 Å². The Morgan fingerprint density at radius 2 is 1.64 bits per heavy atom. The Morgan fingerprint density at radius 1 is 0.897 bits per heavy atom. The summed E-state index contributed by atoms with van der Waals surface area (Å²) in [4.78, 5) is 29.1. The lowest BCUT2D eigenvalue weighted by atomic mass is 9.79. The first-order valence-corrected chi connectivity index (χ1v) is 14.1. The van der Waals surface area contributed by atoms with Gasteiger partial charge in [0, 0.05) is 30.7 Å². The van der Waals surface area contributed by atoms with E-state index in [-0.39, 0.29) is 47.7 Å². The summed E-state index contributed by atoms with van der Waals surface area (Å²) in [6.45, 7) is 1.02. The number of anilines is 1. The van der Waals surface area contributed by atoms with Gasteiger partial charge in [-0.05, 0) is 54.2 Å². The van der Waals surface area contributed by atoms with E-state index in [2.05, 4.69) is 63.3 Å². The summed E-state index contributed by atoms with van der Waals surface area (Å²) in [5.41, 5.74) is 4.33. The summed E-state index contributed by atoms with van der Waals surface area (Å²) in [5, 5.41) is 9.73. The zero-order chi connectivity index (χ0) is 26.8. The molecule has 3 aromatic carbocycles. The van der Waals surface area contributed by atoms with Crippen molar-refractivity contribution in [2.75, 3.05) is 11.9 Å². The number of halogens is 1. The fourth-order valence-electron chi connectivity index (χ4n) is 6.78. The van der Waals surface area contributed by atoms with Gasteiger partial charge in [0.2, 0.25) is 5.91 Å². The van der Waals surface area contributed by atoms with Gasteiger partial charge in [-0.25, -0.2) is 9.18 Å². The molecule has 39 heavy (non-hydrogen) atoms. The number of para-hydroxylation sites is 1. The van der Waals surface area contributed by atoms with E-state index in [0.717, 1.165) is 43.4 Å². The van der Waals surface area contributed by atoms with Gasteiger partial charge in [-0.15, -0.1) is 0 Å². The van der Waals surface area contributed by atoms with Crippen molar-refractivity contribution < 1.29 is 14.0 Å². The molecule has 6 nitrogen and oxygen atoms in total. The Morgan fingerprint density at radius 3 is 2.46 bits per heavy atom. The average molecular weight is 527 g/mol. The fraction of sp³-hybridized carbons (Fsp3) is 0.375. The van der Waals surface area contributed by atoms with Gasteiger partial charge < -0.3 is 20.9 Å². The molecule has 0 radical (unpaired) electrons. The molecular weight excluding hydrogens is 491 g/mol. The largest absolute Gasteiger partial charge is 0.378 e. The molecule has 6 rings (SSSR count). The third-order valence-corrected chi connectivity index (χ3v) is 8.67. The van der Waals surface area contributed by atoms with Gasteiger partial charge in [0.1, 0.15) is 5.82 Å². The van der Waals surface area contributed by atoms with Crippen LogP contribution >= 0.6 is 0 Å². The Kier molecular flexibility index (Phi) is 7.22. The van der Waals surface area contributed by atoms with Crippen LogP contribution in [0.1, 0.15) is 60.9 Å². The summed E-state index contributed by atoms with van der Waals surface area (Å²) in [5.74, 6) is -0.122. The minimum atomic E-state index is -0.303. The lowest BCUT2D eigenvalue weighted by Gasteiger charge is -2.42. The smallest absolute Gasteiger partial charge is 0.315 e. The number of benzene rings is 3. The molecule has 3 amide bonds. The zero-order valence-corrected chi connectivity index (χ0v) is 22.0. The van der Waals surface area contributed by atoms with E-state index in [1.54, 1.807) is 12.1 Å². The van der Waals surface area contributed by atoms with Crippen LogP contribution < -0.4 is 16.0 Å². The quantitative estimate of drug-likeness (QED) is 0.385. The fourth-order valence-corrected chi connectivity index (χ4v) is 6.78. The molecule has 2 heterocycles. The van der Waals surface area contributed by atoms with Gasteiger partial charge >= 0.3 is 6.03 Å². The molecule has 7 heteroatoms. The lowest BCUT2D eigenvalue weighted by Crippen LogP contribution is -2.52. The molecule has 0 bridgehead atoms. The molecule has 3 N–H and O–H groups in total. The predicted molar refractivity (Wildman–Crippen MR) is 149 cm³/mol. The second-order valence-electron chi connectivity index (χ2n) is 11.0. The highest BCUT2D eigenvalue weighted by atomic mass is 19.1. The molecule has 202 valence electrons. The van der Waals surface area contributed by atoms with Crippen LogP contribution in [0.15, 0.2) is 78.9 Å². The Bertz CT molecular complexity index is 1320. The van der Waals surface area contributed by atoms with Crippen LogP contribution in [0.5, 0.6) is 0 Å². The average Bonchev–Trinajstić information content (AvgIpc) is 3.42. The van der Waals surface area contributed by atoms with E-state index in [4.69, 9.17) is 0 Å². The Hall–Kier alpha value is -3.87. The van der Waals surface area contributed by atoms with Crippen molar-refractivity contribution in [3.8, 4) is 0 Å². The van der Waals surface area contributed by atoms with E-state index in [1.807, 2.05) is 12.1 Å². The van der Waals surface area contributed by atoms with Crippen LogP contribution in [0.25, 0.3) is 0 Å². The van der Waals surface area contributed by atoms with Crippen molar-refractivity contribution in [1.29, 1.82) is 0 Å². The van der Waals surface area contributed by atoms with E-state index in [1.165, 1.54) is 23.3 Å². The molecule has 0 aromatic heterocycles. The Labute approximate surface area is 229 Å². The number of carbonyl (C=O) groups is 2. The normalized spacial score (nSPS) is 25.7. The second-order valence-corrected chi connectivity index (χ2v) is 11.0. The maximum absolute atomic E-state index is 14.2. The first-order valence-electron chi connectivity index (χ1n) is 14.1. The summed E-state index contributed by atoms with van der Waals surface area (Å²) in [7, 11) is 0. The SMILES string of the molecule is O=C(NCc1ccc(F)cc1)N[C@@H]1CCCC[C@@H]1C(=O)N1CC[C@H]2[C@H](c3ccccc3)Nc3ccccc3[C@@H]21. The van der Waals surface area contributed by atoms with Crippen molar-refractivity contribution in [3.05, 3.63) is 101 Å². The summed E-state index contributed by atoms with van der Waals surface area (Å²) in [6.07, 6.45) is 4.46. The summed E-state index contributed by atoms with van der Waals surface area (Å²) < 4.78 is 13.2. The lowest BCUT2D eigenvalue weighted by molar-refractivity contribution is -0.138. The molecule has 3 aromatic rings. The number of likely N-dealkylation sites (tertiary alicyclic amines) is 1. The minimum Gasteiger partial charge on any atom is -0.378 e. The van der Waals surface area contributed by atoms with Crippen molar-refractivity contribution in [1.82, 2.24) is 15.5 Å². The van der Waals surface area contributed by atoms with Crippen LogP contribution in [0.4, 0.5) is 14.9 Å². The van der Waals surface area contributed by atoms with Crippen molar-refractivity contribution in [2.45, 2.75) is 56.8 Å². The van der Waals surface area contributed by atoms with Crippen LogP contribution in [0.2, 0.25) is 0 Å². The van der Waals surface area contributed by atoms with Crippen molar-refractivity contribution >= 4 is 17.6 Å². The summed E-state index contributed by atoms with van der Waals surface area (Å²) >= 11 is 0. The maximum Gasteiger partial charge on any atom is 0.315 e. The number of fused-ring (bicyclic) bond motifs is 3. The molecule has 2 aliphatic heterocycles. The number of hydrogen-bond donors (Lipinski definition) is 3. The van der Waals surface area contributed by atoms with Gasteiger partial charge in [-0.2, -0.15) is 0 Å². The molecule has 0 spiro atoms. The van der Waals surface area contributed by atoms with Crippen molar-refractivity contribution in [3.63, 3.8) is 0 Å². The molecule has 1 aliphatic carbocycles. The summed E-state index contributed by atoms with van der Waals surface area (Å²) in [6, 6.07) is 24.6. The van der Waals surface area contributed by atoms with E-state index < -0.39 is 0 Å². The van der Waals surface area contributed by atoms with Gasteiger partial charge in [0.05, 0.1) is 18.0 Å². The highest BCUT2D eigenvalue weighted by Gasteiger charge is 2.48. The van der Waals surface area contributed by atoms with E-state index in [9.17, 15) is 14.0 Å². The zero-order valence-electron chi connectivity index (χ0n) is 22.0. The highest BCUT2D eigenvalue weighted by Crippen LogP contribution is 2.51. The first-order chi connectivity index (χ1) is 19.1. The molecular formula is C32H35FN4O2. The molecule has 1 saturated carbocycles. The maximum atomic E-state index is 14.2. The van der Waals surface area contributed by atoms with Crippen LogP contribution in [0, 0.1) is 17.7 Å². The first kappa shape index (κ1) is 25.4. The van der Waals surface area contributed by atoms with Crippen LogP contribution in [0.3, 0.4) is 0 Å². The standard InChI is InChI=1S/C32H35FN4O2/c33-23-16-14-21(15-17-23)20-34-32(39)36-28-13-7-5-11-25(28)31(38)37-19-18-26-29(22-8-2-1-3-9-22)35-27-12-6-4-10-24(27)30(26)37/h1-4,6,8-10,12,14-17,25-26,28-30,35H,5,7,11,13,18-20H2,(H2,34,36,39)/t25-,26-,28+,29-,30-/m0/s1. The molecule has 5 atom stereocenters. The minimum absolute atomic E-state index is 0.00929. The predicted octanol–water partition coefficient (Wildman–Crippen LogP) is 5.94. The van der Waals surface area contributed by atoms with E-state index in [0.29, 0.717) is 13.1 Å². The monoisotopic (exact) mass is 526 g/mol. The number of hydrogen-bond acceptors (Lipinski definition) is 3. The molecule has 2 fully saturated rings. The topological polar surface area (TPSA) is 73.5 Å². The highest BCUT2D eigenvalue weighted by molar-refractivity contribution is 5.83. The second kappa shape index (κ2) is 11.1. The third-order valence-electron chi connectivity index (χ3n) is 8.67.